The van der Waals surface area contributed by atoms with Crippen molar-refractivity contribution in [2.75, 3.05) is 0 Å². The van der Waals surface area contributed by atoms with Crippen molar-refractivity contribution in [2.45, 2.75) is 58.3 Å². The SMILES string of the molecule is CC(C=Cc1ccsc1-c1ccc2c(c1)C(C)(C)CCC2(C)C)=CC(=O)O. The van der Waals surface area contributed by atoms with E-state index < -0.39 is 5.97 Å². The van der Waals surface area contributed by atoms with Gasteiger partial charge in [0, 0.05) is 11.0 Å². The van der Waals surface area contributed by atoms with Gasteiger partial charge < -0.3 is 5.11 Å². The van der Waals surface area contributed by atoms with Crippen molar-refractivity contribution in [3.05, 3.63) is 64.1 Å². The van der Waals surface area contributed by atoms with Gasteiger partial charge in [0.2, 0.25) is 0 Å². The minimum atomic E-state index is -0.915. The Labute approximate surface area is 166 Å². The highest BCUT2D eigenvalue weighted by atomic mass is 32.1. The number of benzene rings is 1. The van der Waals surface area contributed by atoms with Crippen molar-refractivity contribution in [3.63, 3.8) is 0 Å². The van der Waals surface area contributed by atoms with E-state index in [0.717, 1.165) is 11.1 Å². The maximum Gasteiger partial charge on any atom is 0.328 e. The summed E-state index contributed by atoms with van der Waals surface area (Å²) in [5.74, 6) is -0.915. The van der Waals surface area contributed by atoms with E-state index in [1.54, 1.807) is 18.3 Å². The molecule has 0 amide bonds. The maximum absolute atomic E-state index is 10.8. The van der Waals surface area contributed by atoms with E-state index in [2.05, 4.69) is 57.3 Å². The number of carboxylic acid groups (broad SMARTS) is 1. The minimum absolute atomic E-state index is 0.189. The second kappa shape index (κ2) is 7.12. The first kappa shape index (κ1) is 19.6. The van der Waals surface area contributed by atoms with Crippen LogP contribution in [0.25, 0.3) is 16.5 Å². The number of aliphatic carboxylic acids is 1. The van der Waals surface area contributed by atoms with E-state index in [1.165, 1.54) is 40.5 Å². The molecule has 0 saturated carbocycles. The van der Waals surface area contributed by atoms with E-state index in [9.17, 15) is 4.79 Å². The minimum Gasteiger partial charge on any atom is -0.478 e. The molecule has 1 aromatic heterocycles. The van der Waals surface area contributed by atoms with Crippen molar-refractivity contribution in [1.82, 2.24) is 0 Å². The number of carboxylic acids is 1. The van der Waals surface area contributed by atoms with Gasteiger partial charge >= 0.3 is 5.97 Å². The largest absolute Gasteiger partial charge is 0.478 e. The predicted octanol–water partition coefficient (Wildman–Crippen LogP) is 6.81. The molecule has 0 saturated heterocycles. The first-order chi connectivity index (χ1) is 12.6. The fourth-order valence-corrected chi connectivity index (χ4v) is 4.77. The summed E-state index contributed by atoms with van der Waals surface area (Å²) in [4.78, 5) is 12.0. The van der Waals surface area contributed by atoms with Gasteiger partial charge in [-0.15, -0.1) is 11.3 Å². The maximum atomic E-state index is 10.8. The average Bonchev–Trinajstić information content (AvgIpc) is 3.05. The number of allylic oxidation sites excluding steroid dienone is 2. The lowest BCUT2D eigenvalue weighted by molar-refractivity contribution is -0.131. The third-order valence-corrected chi connectivity index (χ3v) is 6.67. The summed E-state index contributed by atoms with van der Waals surface area (Å²) in [5, 5.41) is 11.0. The van der Waals surface area contributed by atoms with Gasteiger partial charge in [0.15, 0.2) is 0 Å². The summed E-state index contributed by atoms with van der Waals surface area (Å²) in [6.07, 6.45) is 7.52. The van der Waals surface area contributed by atoms with Crippen LogP contribution in [0.15, 0.2) is 47.4 Å². The lowest BCUT2D eigenvalue weighted by Crippen LogP contribution is -2.33. The summed E-state index contributed by atoms with van der Waals surface area (Å²) in [7, 11) is 0. The van der Waals surface area contributed by atoms with Crippen LogP contribution in [0.2, 0.25) is 0 Å². The smallest absolute Gasteiger partial charge is 0.328 e. The zero-order valence-electron chi connectivity index (χ0n) is 16.8. The van der Waals surface area contributed by atoms with Crippen LogP contribution in [0.4, 0.5) is 0 Å². The summed E-state index contributed by atoms with van der Waals surface area (Å²) < 4.78 is 0. The van der Waals surface area contributed by atoms with E-state index in [1.807, 2.05) is 12.2 Å². The first-order valence-corrected chi connectivity index (χ1v) is 10.3. The van der Waals surface area contributed by atoms with Crippen LogP contribution in [-0.2, 0) is 15.6 Å². The van der Waals surface area contributed by atoms with Crippen LogP contribution in [0.1, 0.15) is 64.2 Å². The van der Waals surface area contributed by atoms with Crippen molar-refractivity contribution in [2.24, 2.45) is 0 Å². The number of rotatable bonds is 4. The van der Waals surface area contributed by atoms with Crippen LogP contribution in [-0.4, -0.2) is 11.1 Å². The first-order valence-electron chi connectivity index (χ1n) is 9.42. The molecule has 1 aliphatic rings. The highest BCUT2D eigenvalue weighted by Crippen LogP contribution is 2.47. The molecule has 1 N–H and O–H groups in total. The van der Waals surface area contributed by atoms with Gasteiger partial charge in [0.25, 0.3) is 0 Å². The molecule has 0 unspecified atom stereocenters. The normalized spacial score (nSPS) is 18.5. The molecule has 27 heavy (non-hydrogen) atoms. The molecule has 2 nitrogen and oxygen atoms in total. The van der Waals surface area contributed by atoms with Gasteiger partial charge in [-0.05, 0) is 75.9 Å². The van der Waals surface area contributed by atoms with Crippen LogP contribution in [0, 0.1) is 0 Å². The Morgan fingerprint density at radius 1 is 1.07 bits per heavy atom. The number of hydrogen-bond acceptors (Lipinski definition) is 2. The van der Waals surface area contributed by atoms with Gasteiger partial charge in [0.1, 0.15) is 0 Å². The van der Waals surface area contributed by atoms with Gasteiger partial charge in [-0.2, -0.15) is 0 Å². The number of thiophene rings is 1. The highest BCUT2D eigenvalue weighted by molar-refractivity contribution is 7.13. The van der Waals surface area contributed by atoms with Crippen molar-refractivity contribution < 1.29 is 9.90 Å². The fourth-order valence-electron chi connectivity index (χ4n) is 3.88. The average molecular weight is 381 g/mol. The quantitative estimate of drug-likeness (QED) is 0.467. The molecule has 3 heteroatoms. The van der Waals surface area contributed by atoms with Crippen molar-refractivity contribution in [1.29, 1.82) is 0 Å². The lowest BCUT2D eigenvalue weighted by atomic mass is 9.63. The van der Waals surface area contributed by atoms with Crippen LogP contribution >= 0.6 is 11.3 Å². The molecule has 0 radical (unpaired) electrons. The van der Waals surface area contributed by atoms with Crippen molar-refractivity contribution >= 4 is 23.4 Å². The highest BCUT2D eigenvalue weighted by Gasteiger charge is 2.37. The Balaban J connectivity index is 2.02. The summed E-state index contributed by atoms with van der Waals surface area (Å²) in [6.45, 7) is 11.2. The van der Waals surface area contributed by atoms with Crippen LogP contribution < -0.4 is 0 Å². The third kappa shape index (κ3) is 4.08. The molecular weight excluding hydrogens is 352 g/mol. The van der Waals surface area contributed by atoms with E-state index >= 15 is 0 Å². The lowest BCUT2D eigenvalue weighted by Gasteiger charge is -2.42. The zero-order valence-corrected chi connectivity index (χ0v) is 17.6. The molecule has 0 bridgehead atoms. The fraction of sp³-hybridized carbons (Fsp3) is 0.375. The topological polar surface area (TPSA) is 37.3 Å². The molecule has 0 atom stereocenters. The molecule has 0 fully saturated rings. The van der Waals surface area contributed by atoms with Crippen LogP contribution in [0.5, 0.6) is 0 Å². The second-order valence-corrected chi connectivity index (χ2v) is 9.71. The van der Waals surface area contributed by atoms with Crippen LogP contribution in [0.3, 0.4) is 0 Å². The summed E-state index contributed by atoms with van der Waals surface area (Å²) >= 11 is 1.73. The molecule has 0 aliphatic heterocycles. The number of fused-ring (bicyclic) bond motifs is 1. The summed E-state index contributed by atoms with van der Waals surface area (Å²) in [6, 6.07) is 9.03. The molecular formula is C24H28O2S. The monoisotopic (exact) mass is 380 g/mol. The third-order valence-electron chi connectivity index (χ3n) is 5.69. The Morgan fingerprint density at radius 3 is 2.41 bits per heavy atom. The van der Waals surface area contributed by atoms with E-state index in [-0.39, 0.29) is 10.8 Å². The van der Waals surface area contributed by atoms with E-state index in [4.69, 9.17) is 5.11 Å². The van der Waals surface area contributed by atoms with Crippen molar-refractivity contribution in [3.8, 4) is 10.4 Å². The van der Waals surface area contributed by atoms with Gasteiger partial charge in [-0.3, -0.25) is 0 Å². The van der Waals surface area contributed by atoms with Gasteiger partial charge in [0.05, 0.1) is 0 Å². The molecule has 1 aliphatic carbocycles. The Hall–Kier alpha value is -2.13. The molecule has 142 valence electrons. The second-order valence-electron chi connectivity index (χ2n) is 8.79. The zero-order chi connectivity index (χ0) is 19.8. The number of carbonyl (C=O) groups is 1. The molecule has 2 aromatic rings. The molecule has 3 rings (SSSR count). The van der Waals surface area contributed by atoms with Gasteiger partial charge in [-0.25, -0.2) is 4.79 Å². The standard InChI is InChI=1S/C24H28O2S/c1-16(14-21(25)26)6-7-17-10-13-27-22(17)18-8-9-19-20(15-18)24(4,5)12-11-23(19,2)3/h6-10,13-15H,11-12H2,1-5H3,(H,25,26). The van der Waals surface area contributed by atoms with Gasteiger partial charge in [-0.1, -0.05) is 52.0 Å². The molecule has 1 aromatic carbocycles. The predicted molar refractivity (Wildman–Crippen MR) is 115 cm³/mol. The Morgan fingerprint density at radius 2 is 1.74 bits per heavy atom. The molecule has 0 spiro atoms. The number of hydrogen-bond donors (Lipinski definition) is 1. The Bertz CT molecular complexity index is 926. The Kier molecular flexibility index (Phi) is 5.18. The van der Waals surface area contributed by atoms with E-state index in [0.29, 0.717) is 0 Å². The molecule has 1 heterocycles. The summed E-state index contributed by atoms with van der Waals surface area (Å²) in [5.41, 5.74) is 6.45.